The fourth-order valence-corrected chi connectivity index (χ4v) is 3.11. The number of hydrogen-bond donors (Lipinski definition) is 1. The van der Waals surface area contributed by atoms with Crippen LogP contribution in [0, 0.1) is 5.92 Å². The Labute approximate surface area is 109 Å². The van der Waals surface area contributed by atoms with Crippen LogP contribution in [0.15, 0.2) is 30.3 Å². The number of nitrogens with zero attached hydrogens (tertiary/aromatic N) is 1. The number of ether oxygens (including phenoxy) is 1. The van der Waals surface area contributed by atoms with Gasteiger partial charge in [-0.3, -0.25) is 4.90 Å². The van der Waals surface area contributed by atoms with Gasteiger partial charge < -0.3 is 10.1 Å². The lowest BCUT2D eigenvalue weighted by Gasteiger charge is -2.37. The number of nitrogens with one attached hydrogen (secondary N) is 1. The van der Waals surface area contributed by atoms with Gasteiger partial charge in [-0.2, -0.15) is 0 Å². The average Bonchev–Trinajstić information content (AvgIpc) is 2.63. The van der Waals surface area contributed by atoms with Crippen LogP contribution in [-0.2, 0) is 11.3 Å². The summed E-state index contributed by atoms with van der Waals surface area (Å²) in [7, 11) is 0. The van der Waals surface area contributed by atoms with Crippen LogP contribution in [0.25, 0.3) is 0 Å². The van der Waals surface area contributed by atoms with E-state index >= 15 is 0 Å². The molecule has 3 rings (SSSR count). The first-order valence-electron chi connectivity index (χ1n) is 7.00. The molecule has 3 heteroatoms. The van der Waals surface area contributed by atoms with E-state index in [1.54, 1.807) is 0 Å². The number of hydrogen-bond acceptors (Lipinski definition) is 3. The Morgan fingerprint density at radius 1 is 1.28 bits per heavy atom. The molecule has 2 unspecified atom stereocenters. The third-order valence-electron chi connectivity index (χ3n) is 4.14. The van der Waals surface area contributed by atoms with E-state index in [0.717, 1.165) is 39.4 Å². The van der Waals surface area contributed by atoms with Gasteiger partial charge >= 0.3 is 0 Å². The predicted molar refractivity (Wildman–Crippen MR) is 72.4 cm³/mol. The van der Waals surface area contributed by atoms with Gasteiger partial charge in [-0.05, 0) is 18.5 Å². The van der Waals surface area contributed by atoms with Crippen molar-refractivity contribution < 1.29 is 4.74 Å². The van der Waals surface area contributed by atoms with Gasteiger partial charge in [0.15, 0.2) is 0 Å². The van der Waals surface area contributed by atoms with Gasteiger partial charge in [0.25, 0.3) is 0 Å². The van der Waals surface area contributed by atoms with Crippen molar-refractivity contribution >= 4 is 0 Å². The minimum absolute atomic E-state index is 0.640. The first kappa shape index (κ1) is 12.2. The Hall–Kier alpha value is -0.900. The smallest absolute Gasteiger partial charge is 0.0593 e. The van der Waals surface area contributed by atoms with Crippen molar-refractivity contribution in [2.24, 2.45) is 5.92 Å². The zero-order valence-corrected chi connectivity index (χ0v) is 10.8. The molecule has 0 radical (unpaired) electrons. The van der Waals surface area contributed by atoms with Crippen molar-refractivity contribution in [1.82, 2.24) is 10.2 Å². The summed E-state index contributed by atoms with van der Waals surface area (Å²) < 4.78 is 5.76. The zero-order chi connectivity index (χ0) is 12.2. The third-order valence-corrected chi connectivity index (χ3v) is 4.14. The standard InChI is InChI=1S/C15H22N2O/c1-2-4-13(5-3-1)11-17-8-9-18-12-14-6-7-16-10-15(14)17/h1-5,14-16H,6-12H2. The summed E-state index contributed by atoms with van der Waals surface area (Å²) in [5.74, 6) is 0.706. The van der Waals surface area contributed by atoms with Crippen molar-refractivity contribution in [3.05, 3.63) is 35.9 Å². The summed E-state index contributed by atoms with van der Waals surface area (Å²) in [4.78, 5) is 2.60. The van der Waals surface area contributed by atoms with E-state index in [9.17, 15) is 0 Å². The van der Waals surface area contributed by atoms with Gasteiger partial charge in [0, 0.05) is 31.6 Å². The highest BCUT2D eigenvalue weighted by Gasteiger charge is 2.32. The topological polar surface area (TPSA) is 24.5 Å². The normalized spacial score (nSPS) is 29.6. The second-order valence-electron chi connectivity index (χ2n) is 5.35. The molecule has 0 bridgehead atoms. The molecule has 1 aromatic carbocycles. The van der Waals surface area contributed by atoms with Gasteiger partial charge in [-0.15, -0.1) is 0 Å². The van der Waals surface area contributed by atoms with E-state index in [-0.39, 0.29) is 0 Å². The first-order chi connectivity index (χ1) is 8.93. The molecule has 0 aromatic heterocycles. The summed E-state index contributed by atoms with van der Waals surface area (Å²) in [6.45, 7) is 6.17. The second-order valence-corrected chi connectivity index (χ2v) is 5.35. The van der Waals surface area contributed by atoms with Crippen molar-refractivity contribution in [3.8, 4) is 0 Å². The van der Waals surface area contributed by atoms with Crippen molar-refractivity contribution in [3.63, 3.8) is 0 Å². The van der Waals surface area contributed by atoms with Crippen LogP contribution in [0.2, 0.25) is 0 Å². The molecule has 0 amide bonds. The molecule has 0 saturated carbocycles. The molecule has 2 heterocycles. The molecule has 2 aliphatic heterocycles. The van der Waals surface area contributed by atoms with Gasteiger partial charge in [0.05, 0.1) is 13.2 Å². The zero-order valence-electron chi connectivity index (χ0n) is 10.8. The molecule has 2 saturated heterocycles. The highest BCUT2D eigenvalue weighted by atomic mass is 16.5. The van der Waals surface area contributed by atoms with E-state index in [0.29, 0.717) is 12.0 Å². The lowest BCUT2D eigenvalue weighted by Crippen LogP contribution is -2.51. The quantitative estimate of drug-likeness (QED) is 0.856. The van der Waals surface area contributed by atoms with E-state index in [4.69, 9.17) is 4.74 Å². The van der Waals surface area contributed by atoms with Gasteiger partial charge in [-0.25, -0.2) is 0 Å². The largest absolute Gasteiger partial charge is 0.380 e. The lowest BCUT2D eigenvalue weighted by molar-refractivity contribution is 0.0991. The monoisotopic (exact) mass is 246 g/mol. The van der Waals surface area contributed by atoms with E-state index in [1.165, 1.54) is 12.0 Å². The highest BCUT2D eigenvalue weighted by Crippen LogP contribution is 2.23. The molecule has 2 fully saturated rings. The maximum absolute atomic E-state index is 5.76. The fourth-order valence-electron chi connectivity index (χ4n) is 3.11. The minimum atomic E-state index is 0.640. The summed E-state index contributed by atoms with van der Waals surface area (Å²) in [6.07, 6.45) is 1.25. The minimum Gasteiger partial charge on any atom is -0.380 e. The van der Waals surface area contributed by atoms with Crippen molar-refractivity contribution in [2.75, 3.05) is 32.8 Å². The molecule has 0 spiro atoms. The summed E-state index contributed by atoms with van der Waals surface area (Å²) in [6, 6.07) is 11.4. The van der Waals surface area contributed by atoms with E-state index in [2.05, 4.69) is 40.5 Å². The molecule has 98 valence electrons. The summed E-state index contributed by atoms with van der Waals surface area (Å²) in [5.41, 5.74) is 1.41. The van der Waals surface area contributed by atoms with Crippen LogP contribution in [0.4, 0.5) is 0 Å². The molecule has 0 aliphatic carbocycles. The highest BCUT2D eigenvalue weighted by molar-refractivity contribution is 5.14. The van der Waals surface area contributed by atoms with E-state index in [1.807, 2.05) is 0 Å². The maximum atomic E-state index is 5.76. The Kier molecular flexibility index (Phi) is 3.93. The predicted octanol–water partition coefficient (Wildman–Crippen LogP) is 1.50. The van der Waals surface area contributed by atoms with Crippen LogP contribution in [-0.4, -0.2) is 43.8 Å². The van der Waals surface area contributed by atoms with Gasteiger partial charge in [-0.1, -0.05) is 30.3 Å². The van der Waals surface area contributed by atoms with Crippen molar-refractivity contribution in [2.45, 2.75) is 19.0 Å². The number of rotatable bonds is 2. The third kappa shape index (κ3) is 2.74. The molecular weight excluding hydrogens is 224 g/mol. The van der Waals surface area contributed by atoms with Crippen LogP contribution < -0.4 is 5.32 Å². The van der Waals surface area contributed by atoms with Gasteiger partial charge in [0.1, 0.15) is 0 Å². The average molecular weight is 246 g/mol. The Balaban J connectivity index is 1.72. The Morgan fingerprint density at radius 3 is 3.06 bits per heavy atom. The maximum Gasteiger partial charge on any atom is 0.0593 e. The molecule has 3 nitrogen and oxygen atoms in total. The molecule has 2 atom stereocenters. The SMILES string of the molecule is c1ccc(CN2CCOCC3CCNCC32)cc1. The number of piperidine rings is 1. The molecule has 18 heavy (non-hydrogen) atoms. The molecular formula is C15H22N2O. The van der Waals surface area contributed by atoms with E-state index < -0.39 is 0 Å². The van der Waals surface area contributed by atoms with Crippen LogP contribution in [0.5, 0.6) is 0 Å². The first-order valence-corrected chi connectivity index (χ1v) is 7.00. The van der Waals surface area contributed by atoms with Crippen molar-refractivity contribution in [1.29, 1.82) is 0 Å². The molecule has 2 aliphatic rings. The van der Waals surface area contributed by atoms with Gasteiger partial charge in [0.2, 0.25) is 0 Å². The summed E-state index contributed by atoms with van der Waals surface area (Å²) in [5, 5.41) is 3.53. The lowest BCUT2D eigenvalue weighted by atomic mass is 9.92. The number of benzene rings is 1. The Bertz CT molecular complexity index is 368. The van der Waals surface area contributed by atoms with Crippen LogP contribution in [0.1, 0.15) is 12.0 Å². The molecule has 1 N–H and O–H groups in total. The Morgan fingerprint density at radius 2 is 2.17 bits per heavy atom. The molecule has 1 aromatic rings. The summed E-state index contributed by atoms with van der Waals surface area (Å²) >= 11 is 0. The van der Waals surface area contributed by atoms with Crippen LogP contribution in [0.3, 0.4) is 0 Å². The van der Waals surface area contributed by atoms with Crippen LogP contribution >= 0.6 is 0 Å². The fraction of sp³-hybridized carbons (Fsp3) is 0.600. The number of fused-ring (bicyclic) bond motifs is 1. The second kappa shape index (κ2) is 5.83.